The van der Waals surface area contributed by atoms with Gasteiger partial charge in [0.25, 0.3) is 0 Å². The van der Waals surface area contributed by atoms with Crippen LogP contribution >= 0.6 is 43.6 Å². The van der Waals surface area contributed by atoms with E-state index in [0.29, 0.717) is 4.90 Å². The predicted octanol–water partition coefficient (Wildman–Crippen LogP) is 4.53. The normalized spacial score (nSPS) is 10.7. The molecular weight excluding hydrogens is 342 g/mol. The minimum absolute atomic E-state index is 0.183. The summed E-state index contributed by atoms with van der Waals surface area (Å²) in [5.41, 5.74) is 0. The SMILES string of the molecule is CSc1c(OC(F)F)ccc(Br)c1Br. The largest absolute Gasteiger partial charge is 0.434 e. The molecule has 1 rings (SSSR count). The second-order valence-corrected chi connectivity index (χ2v) is 4.74. The second kappa shape index (κ2) is 5.32. The molecule has 1 nitrogen and oxygen atoms in total. The zero-order valence-electron chi connectivity index (χ0n) is 7.06. The van der Waals surface area contributed by atoms with Gasteiger partial charge in [-0.2, -0.15) is 8.78 Å². The molecule has 1 aromatic rings. The van der Waals surface area contributed by atoms with Crippen LogP contribution in [0.15, 0.2) is 26.0 Å². The van der Waals surface area contributed by atoms with Gasteiger partial charge in [-0.05, 0) is 50.2 Å². The van der Waals surface area contributed by atoms with Crippen LogP contribution in [0.2, 0.25) is 0 Å². The van der Waals surface area contributed by atoms with Crippen molar-refractivity contribution in [3.05, 3.63) is 21.1 Å². The van der Waals surface area contributed by atoms with Crippen molar-refractivity contribution in [2.75, 3.05) is 6.26 Å². The summed E-state index contributed by atoms with van der Waals surface area (Å²) in [6, 6.07) is 3.16. The Morgan fingerprint density at radius 1 is 1.36 bits per heavy atom. The van der Waals surface area contributed by atoms with Crippen LogP contribution in [0.1, 0.15) is 0 Å². The monoisotopic (exact) mass is 346 g/mol. The van der Waals surface area contributed by atoms with E-state index in [1.165, 1.54) is 17.8 Å². The van der Waals surface area contributed by atoms with Gasteiger partial charge in [-0.1, -0.05) is 0 Å². The molecule has 0 saturated carbocycles. The van der Waals surface area contributed by atoms with E-state index in [4.69, 9.17) is 0 Å². The molecule has 0 bridgehead atoms. The number of thioether (sulfide) groups is 1. The maximum Gasteiger partial charge on any atom is 0.387 e. The smallest absolute Gasteiger partial charge is 0.387 e. The maximum absolute atomic E-state index is 12.0. The molecule has 0 spiro atoms. The van der Waals surface area contributed by atoms with Crippen LogP contribution in [0, 0.1) is 0 Å². The zero-order chi connectivity index (χ0) is 10.7. The highest BCUT2D eigenvalue weighted by Gasteiger charge is 2.13. The summed E-state index contributed by atoms with van der Waals surface area (Å²) in [5.74, 6) is 0.183. The van der Waals surface area contributed by atoms with Crippen molar-refractivity contribution in [2.45, 2.75) is 11.5 Å². The van der Waals surface area contributed by atoms with Crippen LogP contribution in [0.4, 0.5) is 8.78 Å². The highest BCUT2D eigenvalue weighted by Crippen LogP contribution is 2.39. The number of benzene rings is 1. The molecule has 6 heteroatoms. The Hall–Kier alpha value is 0.190. The summed E-state index contributed by atoms with van der Waals surface area (Å²) >= 11 is 7.92. The van der Waals surface area contributed by atoms with Crippen molar-refractivity contribution in [2.24, 2.45) is 0 Å². The van der Waals surface area contributed by atoms with Crippen molar-refractivity contribution in [3.63, 3.8) is 0 Å². The Morgan fingerprint density at radius 3 is 2.50 bits per heavy atom. The molecule has 0 atom stereocenters. The van der Waals surface area contributed by atoms with E-state index in [0.717, 1.165) is 8.95 Å². The first-order valence-electron chi connectivity index (χ1n) is 3.53. The van der Waals surface area contributed by atoms with Crippen LogP contribution in [0.5, 0.6) is 5.75 Å². The lowest BCUT2D eigenvalue weighted by molar-refractivity contribution is -0.0517. The number of hydrogen-bond donors (Lipinski definition) is 0. The summed E-state index contributed by atoms with van der Waals surface area (Å²) in [7, 11) is 0. The number of halogens is 4. The van der Waals surface area contributed by atoms with Gasteiger partial charge < -0.3 is 4.74 Å². The lowest BCUT2D eigenvalue weighted by atomic mass is 10.3. The molecular formula is C8H6Br2F2OS. The number of hydrogen-bond acceptors (Lipinski definition) is 2. The third kappa shape index (κ3) is 2.84. The Labute approximate surface area is 101 Å². The average molecular weight is 348 g/mol. The summed E-state index contributed by atoms with van der Waals surface area (Å²) in [4.78, 5) is 0.652. The number of rotatable bonds is 3. The van der Waals surface area contributed by atoms with Gasteiger partial charge in [0.05, 0.1) is 4.90 Å². The summed E-state index contributed by atoms with van der Waals surface area (Å²) in [6.45, 7) is -2.80. The van der Waals surface area contributed by atoms with Gasteiger partial charge in [0.2, 0.25) is 0 Å². The summed E-state index contributed by atoms with van der Waals surface area (Å²) in [5, 5.41) is 0. The molecule has 0 amide bonds. The third-order valence-electron chi connectivity index (χ3n) is 1.43. The van der Waals surface area contributed by atoms with Gasteiger partial charge in [0, 0.05) is 8.95 Å². The molecule has 0 N–H and O–H groups in total. The van der Waals surface area contributed by atoms with Gasteiger partial charge in [-0.15, -0.1) is 11.8 Å². The van der Waals surface area contributed by atoms with Gasteiger partial charge >= 0.3 is 6.61 Å². The fourth-order valence-corrected chi connectivity index (χ4v) is 2.77. The fourth-order valence-electron chi connectivity index (χ4n) is 0.893. The number of alkyl halides is 2. The lowest BCUT2D eigenvalue weighted by Gasteiger charge is -2.11. The molecule has 0 aliphatic carbocycles. The molecule has 0 unspecified atom stereocenters. The molecule has 0 saturated heterocycles. The first-order chi connectivity index (χ1) is 6.56. The molecule has 0 aliphatic rings. The second-order valence-electron chi connectivity index (χ2n) is 2.27. The Balaban J connectivity index is 3.10. The van der Waals surface area contributed by atoms with Gasteiger partial charge in [0.15, 0.2) is 0 Å². The van der Waals surface area contributed by atoms with Crippen molar-refractivity contribution < 1.29 is 13.5 Å². The molecule has 1 aromatic carbocycles. The van der Waals surface area contributed by atoms with Gasteiger partial charge in [-0.3, -0.25) is 0 Å². The van der Waals surface area contributed by atoms with Gasteiger partial charge in [0.1, 0.15) is 5.75 Å². The predicted molar refractivity (Wildman–Crippen MR) is 60.3 cm³/mol. The Morgan fingerprint density at radius 2 is 2.00 bits per heavy atom. The van der Waals surface area contributed by atoms with Crippen LogP contribution in [-0.2, 0) is 0 Å². The molecule has 0 aromatic heterocycles. The quantitative estimate of drug-likeness (QED) is 0.742. The van der Waals surface area contributed by atoms with E-state index < -0.39 is 6.61 Å². The zero-order valence-corrected chi connectivity index (χ0v) is 11.0. The Kier molecular flexibility index (Phi) is 4.66. The van der Waals surface area contributed by atoms with Crippen molar-refractivity contribution >= 4 is 43.6 Å². The highest BCUT2D eigenvalue weighted by atomic mass is 79.9. The average Bonchev–Trinajstić information content (AvgIpc) is 2.11. The first kappa shape index (κ1) is 12.3. The lowest BCUT2D eigenvalue weighted by Crippen LogP contribution is -2.03. The molecule has 0 radical (unpaired) electrons. The first-order valence-corrected chi connectivity index (χ1v) is 6.34. The van der Waals surface area contributed by atoms with Crippen LogP contribution in [0.25, 0.3) is 0 Å². The van der Waals surface area contributed by atoms with Crippen LogP contribution in [0.3, 0.4) is 0 Å². The molecule has 14 heavy (non-hydrogen) atoms. The van der Waals surface area contributed by atoms with Gasteiger partial charge in [-0.25, -0.2) is 0 Å². The minimum Gasteiger partial charge on any atom is -0.434 e. The van der Waals surface area contributed by atoms with Crippen molar-refractivity contribution in [1.29, 1.82) is 0 Å². The summed E-state index contributed by atoms with van der Waals surface area (Å²) in [6.07, 6.45) is 1.80. The van der Waals surface area contributed by atoms with Crippen LogP contribution in [-0.4, -0.2) is 12.9 Å². The molecule has 0 heterocycles. The van der Waals surface area contributed by atoms with E-state index in [-0.39, 0.29) is 5.75 Å². The van der Waals surface area contributed by atoms with E-state index >= 15 is 0 Å². The number of ether oxygens (including phenoxy) is 1. The molecule has 78 valence electrons. The minimum atomic E-state index is -2.80. The Bertz CT molecular complexity index is 333. The standard InChI is InChI=1S/C8H6Br2F2OS/c1-14-7-5(13-8(11)12)3-2-4(9)6(7)10/h2-3,8H,1H3. The topological polar surface area (TPSA) is 9.23 Å². The van der Waals surface area contributed by atoms with E-state index in [1.54, 1.807) is 12.3 Å². The van der Waals surface area contributed by atoms with E-state index in [9.17, 15) is 8.78 Å². The molecule has 0 aliphatic heterocycles. The summed E-state index contributed by atoms with van der Waals surface area (Å²) < 4.78 is 29.9. The maximum atomic E-state index is 12.0. The third-order valence-corrected chi connectivity index (χ3v) is 4.53. The fraction of sp³-hybridized carbons (Fsp3) is 0.250. The van der Waals surface area contributed by atoms with E-state index in [1.807, 2.05) is 0 Å². The van der Waals surface area contributed by atoms with Crippen LogP contribution < -0.4 is 4.74 Å². The van der Waals surface area contributed by atoms with E-state index in [2.05, 4.69) is 36.6 Å². The molecule has 0 fully saturated rings. The highest BCUT2D eigenvalue weighted by molar-refractivity contribution is 9.13. The van der Waals surface area contributed by atoms with Crippen molar-refractivity contribution in [3.8, 4) is 5.75 Å². The van der Waals surface area contributed by atoms with Crippen molar-refractivity contribution in [1.82, 2.24) is 0 Å².